The fourth-order valence-electron chi connectivity index (χ4n) is 5.11. The molecule has 204 valence electrons. The first-order chi connectivity index (χ1) is 18.3. The third kappa shape index (κ3) is 6.38. The first-order valence-electron chi connectivity index (χ1n) is 13.5. The average molecular weight is 526 g/mol. The van der Waals surface area contributed by atoms with E-state index in [0.29, 0.717) is 43.3 Å². The van der Waals surface area contributed by atoms with Crippen LogP contribution in [0.3, 0.4) is 0 Å². The van der Waals surface area contributed by atoms with Gasteiger partial charge in [-0.15, -0.1) is 0 Å². The molecule has 0 saturated heterocycles. The number of benzene rings is 2. The van der Waals surface area contributed by atoms with Gasteiger partial charge in [0.25, 0.3) is 0 Å². The zero-order valence-electron chi connectivity index (χ0n) is 22.5. The highest BCUT2D eigenvalue weighted by Crippen LogP contribution is 2.28. The van der Waals surface area contributed by atoms with Crippen LogP contribution in [-0.2, 0) is 22.7 Å². The fraction of sp³-hybridized carbons (Fsp3) is 0.483. The number of aromatic nitrogens is 2. The Bertz CT molecular complexity index is 1280. The van der Waals surface area contributed by atoms with Crippen LogP contribution in [-0.4, -0.2) is 63.6 Å². The molecule has 0 unspecified atom stereocenters. The van der Waals surface area contributed by atoms with Crippen molar-refractivity contribution in [2.24, 2.45) is 0 Å². The summed E-state index contributed by atoms with van der Waals surface area (Å²) in [5.41, 5.74) is 1.73. The van der Waals surface area contributed by atoms with Gasteiger partial charge in [0.1, 0.15) is 0 Å². The zero-order valence-corrected chi connectivity index (χ0v) is 22.5. The highest BCUT2D eigenvalue weighted by molar-refractivity contribution is 5.94. The normalized spacial score (nSPS) is 15.8. The molecule has 1 aliphatic heterocycles. The number of halogens is 2. The van der Waals surface area contributed by atoms with Gasteiger partial charge in [0, 0.05) is 63.1 Å². The van der Waals surface area contributed by atoms with Gasteiger partial charge in [-0.25, -0.2) is 8.78 Å². The maximum absolute atomic E-state index is 14.4. The Morgan fingerprint density at radius 2 is 1.68 bits per heavy atom. The van der Waals surface area contributed by atoms with Crippen molar-refractivity contribution in [1.29, 1.82) is 0 Å². The van der Waals surface area contributed by atoms with Crippen molar-refractivity contribution in [2.45, 2.75) is 65.6 Å². The Labute approximate surface area is 223 Å². The lowest BCUT2D eigenvalue weighted by Crippen LogP contribution is -2.40. The standard InChI is InChI=1S/C29H37F2N5O2/c1-4-28(37)35-15-8-13-33(21(2)3)12-7-14-34(20-23-17-24(30)25(31)18-27(23)35)29(38)11-16-36-26-10-6-5-9-22(26)19-32-36/h5-6,9-10,17-19,21H,4,7-8,11-16,20H2,1-3H3. The highest BCUT2D eigenvalue weighted by atomic mass is 19.2. The van der Waals surface area contributed by atoms with Crippen LogP contribution in [0.25, 0.3) is 10.9 Å². The SMILES string of the molecule is CCC(=O)N1CCCN(C(C)C)CCCN(C(=O)CCn2ncc3ccccc32)Cc2cc(F)c(F)cc21. The second kappa shape index (κ2) is 12.5. The van der Waals surface area contributed by atoms with Crippen molar-refractivity contribution in [3.05, 3.63) is 59.8 Å². The van der Waals surface area contributed by atoms with Crippen molar-refractivity contribution in [3.8, 4) is 0 Å². The molecule has 0 N–H and O–H groups in total. The average Bonchev–Trinajstić information content (AvgIpc) is 3.31. The van der Waals surface area contributed by atoms with E-state index in [0.717, 1.165) is 42.5 Å². The summed E-state index contributed by atoms with van der Waals surface area (Å²) in [6.07, 6.45) is 3.71. The van der Waals surface area contributed by atoms with E-state index >= 15 is 0 Å². The van der Waals surface area contributed by atoms with Gasteiger partial charge in [0.15, 0.2) is 11.6 Å². The summed E-state index contributed by atoms with van der Waals surface area (Å²) in [6, 6.07) is 10.4. The van der Waals surface area contributed by atoms with Crippen molar-refractivity contribution in [3.63, 3.8) is 0 Å². The second-order valence-electron chi connectivity index (χ2n) is 10.1. The van der Waals surface area contributed by atoms with E-state index in [1.165, 1.54) is 0 Å². The minimum Gasteiger partial charge on any atom is -0.338 e. The number of fused-ring (bicyclic) bond motifs is 2. The van der Waals surface area contributed by atoms with Crippen molar-refractivity contribution < 1.29 is 18.4 Å². The summed E-state index contributed by atoms with van der Waals surface area (Å²) in [6.45, 7) is 8.97. The molecule has 4 rings (SSSR count). The Kier molecular flexibility index (Phi) is 9.09. The topological polar surface area (TPSA) is 61.7 Å². The lowest BCUT2D eigenvalue weighted by atomic mass is 10.1. The van der Waals surface area contributed by atoms with Crippen molar-refractivity contribution in [1.82, 2.24) is 19.6 Å². The molecule has 0 radical (unpaired) electrons. The van der Waals surface area contributed by atoms with Gasteiger partial charge in [-0.05, 0) is 44.4 Å². The van der Waals surface area contributed by atoms with Gasteiger partial charge in [0.05, 0.1) is 23.9 Å². The molecule has 2 aromatic carbocycles. The number of amides is 2. The molecule has 38 heavy (non-hydrogen) atoms. The molecular formula is C29H37F2N5O2. The van der Waals surface area contributed by atoms with Crippen LogP contribution >= 0.6 is 0 Å². The molecule has 0 spiro atoms. The first kappa shape index (κ1) is 27.7. The van der Waals surface area contributed by atoms with Crippen LogP contribution in [0.2, 0.25) is 0 Å². The molecule has 9 heteroatoms. The monoisotopic (exact) mass is 525 g/mol. The van der Waals surface area contributed by atoms with E-state index < -0.39 is 11.6 Å². The number of aryl methyl sites for hydroxylation is 1. The molecule has 7 nitrogen and oxygen atoms in total. The van der Waals surface area contributed by atoms with Gasteiger partial charge in [-0.1, -0.05) is 25.1 Å². The molecule has 0 saturated carbocycles. The van der Waals surface area contributed by atoms with E-state index in [9.17, 15) is 18.4 Å². The van der Waals surface area contributed by atoms with Crippen LogP contribution in [0, 0.1) is 11.6 Å². The molecule has 0 fully saturated rings. The van der Waals surface area contributed by atoms with Gasteiger partial charge in [-0.2, -0.15) is 5.10 Å². The maximum Gasteiger partial charge on any atom is 0.226 e. The Balaban J connectivity index is 1.63. The number of carbonyl (C=O) groups excluding carboxylic acids is 2. The van der Waals surface area contributed by atoms with Crippen molar-refractivity contribution >= 4 is 28.4 Å². The zero-order chi connectivity index (χ0) is 27.2. The Morgan fingerprint density at radius 1 is 0.974 bits per heavy atom. The molecule has 0 atom stereocenters. The van der Waals surface area contributed by atoms with Crippen LogP contribution in [0.1, 0.15) is 52.0 Å². The van der Waals surface area contributed by atoms with E-state index in [2.05, 4.69) is 23.8 Å². The summed E-state index contributed by atoms with van der Waals surface area (Å²) in [4.78, 5) is 32.0. The number of hydrogen-bond acceptors (Lipinski definition) is 4. The lowest BCUT2D eigenvalue weighted by molar-refractivity contribution is -0.132. The largest absolute Gasteiger partial charge is 0.338 e. The number of hydrogen-bond donors (Lipinski definition) is 0. The minimum atomic E-state index is -1.00. The predicted octanol–water partition coefficient (Wildman–Crippen LogP) is 4.98. The van der Waals surface area contributed by atoms with E-state index in [1.54, 1.807) is 22.9 Å². The van der Waals surface area contributed by atoms with Crippen molar-refractivity contribution in [2.75, 3.05) is 31.1 Å². The summed E-state index contributed by atoms with van der Waals surface area (Å²) in [7, 11) is 0. The van der Waals surface area contributed by atoms with Crippen LogP contribution < -0.4 is 4.90 Å². The number of para-hydroxylation sites is 1. The summed E-state index contributed by atoms with van der Waals surface area (Å²) in [5, 5.41) is 5.43. The van der Waals surface area contributed by atoms with E-state index in [4.69, 9.17) is 0 Å². The van der Waals surface area contributed by atoms with E-state index in [1.807, 2.05) is 28.9 Å². The number of nitrogens with zero attached hydrogens (tertiary/aromatic N) is 5. The molecule has 3 aromatic rings. The summed E-state index contributed by atoms with van der Waals surface area (Å²) >= 11 is 0. The molecule has 2 heterocycles. The molecule has 1 aliphatic rings. The minimum absolute atomic E-state index is 0.0956. The Morgan fingerprint density at radius 3 is 2.42 bits per heavy atom. The second-order valence-corrected chi connectivity index (χ2v) is 10.1. The molecule has 0 aliphatic carbocycles. The number of anilines is 1. The molecule has 1 aromatic heterocycles. The fourth-order valence-corrected chi connectivity index (χ4v) is 5.11. The summed E-state index contributed by atoms with van der Waals surface area (Å²) < 4.78 is 30.7. The van der Waals surface area contributed by atoms with Gasteiger partial charge >= 0.3 is 0 Å². The highest BCUT2D eigenvalue weighted by Gasteiger charge is 2.25. The predicted molar refractivity (Wildman–Crippen MR) is 145 cm³/mol. The van der Waals surface area contributed by atoms with Crippen LogP contribution in [0.5, 0.6) is 0 Å². The van der Waals surface area contributed by atoms with Crippen LogP contribution in [0.4, 0.5) is 14.5 Å². The van der Waals surface area contributed by atoms with Gasteiger partial charge in [0.2, 0.25) is 11.8 Å². The third-order valence-electron chi connectivity index (χ3n) is 7.25. The smallest absolute Gasteiger partial charge is 0.226 e. The van der Waals surface area contributed by atoms with Gasteiger partial charge in [-0.3, -0.25) is 14.3 Å². The van der Waals surface area contributed by atoms with E-state index in [-0.39, 0.29) is 31.2 Å². The van der Waals surface area contributed by atoms with Crippen LogP contribution in [0.15, 0.2) is 42.6 Å². The molecule has 2 amide bonds. The Hall–Kier alpha value is -3.33. The maximum atomic E-state index is 14.4. The molecule has 0 bridgehead atoms. The molecular weight excluding hydrogens is 488 g/mol. The number of rotatable bonds is 5. The first-order valence-corrected chi connectivity index (χ1v) is 13.5. The van der Waals surface area contributed by atoms with Gasteiger partial charge < -0.3 is 14.7 Å². The lowest BCUT2D eigenvalue weighted by Gasteiger charge is -2.33. The third-order valence-corrected chi connectivity index (χ3v) is 7.25. The summed E-state index contributed by atoms with van der Waals surface area (Å²) in [5.74, 6) is -2.24. The number of carbonyl (C=O) groups is 2. The quantitative estimate of drug-likeness (QED) is 0.471.